The van der Waals surface area contributed by atoms with Crippen LogP contribution in [0.3, 0.4) is 0 Å². The lowest BCUT2D eigenvalue weighted by molar-refractivity contribution is -0.114. The maximum Gasteiger partial charge on any atom is 0.264 e. The lowest BCUT2D eigenvalue weighted by Crippen LogP contribution is -2.27. The monoisotopic (exact) mass is 352 g/mol. The normalized spacial score (nSPS) is 11.1. The minimum absolute atomic E-state index is 0.133. The van der Waals surface area contributed by atoms with Gasteiger partial charge in [-0.1, -0.05) is 17.7 Å². The van der Waals surface area contributed by atoms with Gasteiger partial charge in [-0.3, -0.25) is 9.10 Å². The molecule has 0 radical (unpaired) electrons. The first kappa shape index (κ1) is 17.3. The highest BCUT2D eigenvalue weighted by molar-refractivity contribution is 7.92. The summed E-state index contributed by atoms with van der Waals surface area (Å²) in [5.74, 6) is -0.215. The fourth-order valence-electron chi connectivity index (χ4n) is 2.14. The van der Waals surface area contributed by atoms with Gasteiger partial charge in [0.1, 0.15) is 0 Å². The molecule has 0 spiro atoms. The van der Waals surface area contributed by atoms with Gasteiger partial charge < -0.3 is 5.32 Å². The Bertz CT molecular complexity index is 833. The van der Waals surface area contributed by atoms with Gasteiger partial charge in [-0.2, -0.15) is 0 Å². The fraction of sp³-hybridized carbons (Fsp3) is 0.188. The van der Waals surface area contributed by atoms with E-state index in [1.54, 1.807) is 37.3 Å². The molecule has 0 bridgehead atoms. The van der Waals surface area contributed by atoms with Crippen LogP contribution >= 0.6 is 11.6 Å². The van der Waals surface area contributed by atoms with Crippen molar-refractivity contribution >= 4 is 38.9 Å². The molecule has 2 aromatic carbocycles. The molecule has 1 N–H and O–H groups in total. The van der Waals surface area contributed by atoms with E-state index < -0.39 is 10.0 Å². The predicted molar refractivity (Wildman–Crippen MR) is 92.5 cm³/mol. The van der Waals surface area contributed by atoms with Gasteiger partial charge in [-0.05, 0) is 48.9 Å². The van der Waals surface area contributed by atoms with Crippen LogP contribution in [0.2, 0.25) is 5.02 Å². The van der Waals surface area contributed by atoms with Crippen molar-refractivity contribution in [1.82, 2.24) is 0 Å². The zero-order valence-electron chi connectivity index (χ0n) is 13.0. The highest BCUT2D eigenvalue weighted by Gasteiger charge is 2.23. The van der Waals surface area contributed by atoms with E-state index in [4.69, 9.17) is 11.6 Å². The number of sulfonamides is 1. The molecule has 0 heterocycles. The van der Waals surface area contributed by atoms with E-state index in [9.17, 15) is 13.2 Å². The molecule has 0 atom stereocenters. The minimum atomic E-state index is -3.71. The Morgan fingerprint density at radius 2 is 1.74 bits per heavy atom. The molecule has 2 aromatic rings. The van der Waals surface area contributed by atoms with Crippen molar-refractivity contribution in [2.24, 2.45) is 0 Å². The van der Waals surface area contributed by atoms with Crippen LogP contribution in [0, 0.1) is 6.92 Å². The average molecular weight is 353 g/mol. The number of carbonyl (C=O) groups is 1. The van der Waals surface area contributed by atoms with Crippen molar-refractivity contribution in [2.45, 2.75) is 18.7 Å². The van der Waals surface area contributed by atoms with Crippen LogP contribution in [0.4, 0.5) is 11.4 Å². The van der Waals surface area contributed by atoms with Crippen LogP contribution in [0.15, 0.2) is 47.4 Å². The van der Waals surface area contributed by atoms with E-state index in [0.29, 0.717) is 22.0 Å². The minimum Gasteiger partial charge on any atom is -0.326 e. The van der Waals surface area contributed by atoms with Crippen molar-refractivity contribution in [2.75, 3.05) is 16.7 Å². The zero-order valence-corrected chi connectivity index (χ0v) is 14.6. The van der Waals surface area contributed by atoms with E-state index in [1.807, 2.05) is 0 Å². The largest absolute Gasteiger partial charge is 0.326 e. The lowest BCUT2D eigenvalue weighted by atomic mass is 10.2. The maximum absolute atomic E-state index is 12.7. The van der Waals surface area contributed by atoms with Gasteiger partial charge >= 0.3 is 0 Å². The number of anilines is 2. The first-order valence-corrected chi connectivity index (χ1v) is 8.67. The molecule has 0 unspecified atom stereocenters. The molecule has 1 amide bonds. The van der Waals surface area contributed by atoms with Crippen molar-refractivity contribution in [3.05, 3.63) is 53.1 Å². The Morgan fingerprint density at radius 3 is 2.30 bits per heavy atom. The predicted octanol–water partition coefficient (Wildman–Crippen LogP) is 3.43. The third-order valence-corrected chi connectivity index (χ3v) is 5.61. The molecule has 23 heavy (non-hydrogen) atoms. The second-order valence-corrected chi connectivity index (χ2v) is 7.44. The van der Waals surface area contributed by atoms with Gasteiger partial charge in [0.25, 0.3) is 10.0 Å². The van der Waals surface area contributed by atoms with E-state index in [2.05, 4.69) is 5.32 Å². The van der Waals surface area contributed by atoms with Gasteiger partial charge in [0.15, 0.2) is 0 Å². The zero-order chi connectivity index (χ0) is 17.2. The molecule has 0 aliphatic heterocycles. The topological polar surface area (TPSA) is 66.5 Å². The number of rotatable bonds is 4. The van der Waals surface area contributed by atoms with Crippen LogP contribution in [0.1, 0.15) is 12.5 Å². The van der Waals surface area contributed by atoms with Gasteiger partial charge in [0, 0.05) is 24.7 Å². The summed E-state index contributed by atoms with van der Waals surface area (Å²) in [7, 11) is -2.23. The summed E-state index contributed by atoms with van der Waals surface area (Å²) in [5, 5.41) is 3.10. The van der Waals surface area contributed by atoms with Gasteiger partial charge in [0.2, 0.25) is 5.91 Å². The lowest BCUT2D eigenvalue weighted by Gasteiger charge is -2.22. The van der Waals surface area contributed by atoms with E-state index >= 15 is 0 Å². The summed E-state index contributed by atoms with van der Waals surface area (Å²) >= 11 is 6.06. The summed E-state index contributed by atoms with van der Waals surface area (Å²) in [5.41, 5.74) is 1.75. The van der Waals surface area contributed by atoms with Crippen molar-refractivity contribution in [3.8, 4) is 0 Å². The number of hydrogen-bond donors (Lipinski definition) is 1. The molecule has 0 aromatic heterocycles. The third kappa shape index (κ3) is 3.65. The summed E-state index contributed by atoms with van der Waals surface area (Å²) in [6.45, 7) is 3.16. The number of benzene rings is 2. The van der Waals surface area contributed by atoms with Crippen LogP contribution in [-0.4, -0.2) is 21.4 Å². The second kappa shape index (κ2) is 6.60. The van der Waals surface area contributed by atoms with E-state index in [0.717, 1.165) is 0 Å². The molecular formula is C16H17ClN2O3S. The van der Waals surface area contributed by atoms with E-state index in [1.165, 1.54) is 30.4 Å². The first-order valence-electron chi connectivity index (χ1n) is 6.85. The van der Waals surface area contributed by atoms with Crippen molar-refractivity contribution in [1.29, 1.82) is 0 Å². The molecule has 5 nitrogen and oxygen atoms in total. The highest BCUT2D eigenvalue weighted by atomic mass is 35.5. The molecule has 0 aliphatic carbocycles. The second-order valence-electron chi connectivity index (χ2n) is 5.06. The molecule has 7 heteroatoms. The smallest absolute Gasteiger partial charge is 0.264 e. The van der Waals surface area contributed by atoms with Gasteiger partial charge in [-0.15, -0.1) is 0 Å². The Labute approximate surface area is 140 Å². The molecule has 0 fully saturated rings. The molecule has 0 saturated carbocycles. The SMILES string of the molecule is CC(=O)Nc1ccc(S(=O)(=O)N(C)c2cccc(Cl)c2C)cc1. The average Bonchev–Trinajstić information content (AvgIpc) is 2.49. The Kier molecular flexibility index (Phi) is 4.97. The maximum atomic E-state index is 12.7. The quantitative estimate of drug-likeness (QED) is 0.916. The highest BCUT2D eigenvalue weighted by Crippen LogP contribution is 2.29. The third-order valence-electron chi connectivity index (χ3n) is 3.41. The Balaban J connectivity index is 2.37. The first-order chi connectivity index (χ1) is 10.7. The number of halogens is 1. The number of nitrogens with zero attached hydrogens (tertiary/aromatic N) is 1. The van der Waals surface area contributed by atoms with Gasteiger partial charge in [0.05, 0.1) is 10.6 Å². The van der Waals surface area contributed by atoms with Crippen LogP contribution < -0.4 is 9.62 Å². The van der Waals surface area contributed by atoms with Crippen LogP contribution in [-0.2, 0) is 14.8 Å². The van der Waals surface area contributed by atoms with Gasteiger partial charge in [-0.25, -0.2) is 8.42 Å². The number of hydrogen-bond acceptors (Lipinski definition) is 3. The standard InChI is InChI=1S/C16H17ClN2O3S/c1-11-15(17)5-4-6-16(11)19(3)23(21,22)14-9-7-13(8-10-14)18-12(2)20/h4-10H,1-3H3,(H,18,20). The molecule has 122 valence electrons. The summed E-state index contributed by atoms with van der Waals surface area (Å²) in [6.07, 6.45) is 0. The van der Waals surface area contributed by atoms with Crippen molar-refractivity contribution in [3.63, 3.8) is 0 Å². The number of carbonyl (C=O) groups excluding carboxylic acids is 1. The summed E-state index contributed by atoms with van der Waals surface area (Å²) in [6, 6.07) is 11.1. The molecule has 0 aliphatic rings. The Hall–Kier alpha value is -2.05. The molecular weight excluding hydrogens is 336 g/mol. The fourth-order valence-corrected chi connectivity index (χ4v) is 3.56. The number of amides is 1. The number of nitrogens with one attached hydrogen (secondary N) is 1. The van der Waals surface area contributed by atoms with Crippen molar-refractivity contribution < 1.29 is 13.2 Å². The van der Waals surface area contributed by atoms with Crippen LogP contribution in [0.5, 0.6) is 0 Å². The molecule has 0 saturated heterocycles. The summed E-state index contributed by atoms with van der Waals surface area (Å²) < 4.78 is 26.6. The summed E-state index contributed by atoms with van der Waals surface area (Å²) in [4.78, 5) is 11.1. The Morgan fingerprint density at radius 1 is 1.13 bits per heavy atom. The van der Waals surface area contributed by atoms with Crippen LogP contribution in [0.25, 0.3) is 0 Å². The molecule has 2 rings (SSSR count). The van der Waals surface area contributed by atoms with E-state index in [-0.39, 0.29) is 10.8 Å².